The number of oxazole rings is 1. The van der Waals surface area contributed by atoms with Crippen LogP contribution in [-0.4, -0.2) is 30.6 Å². The summed E-state index contributed by atoms with van der Waals surface area (Å²) in [5, 5.41) is 2.74. The van der Waals surface area contributed by atoms with Gasteiger partial charge in [0.2, 0.25) is 11.8 Å². The number of carbonyl (C=O) groups excluding carboxylic acids is 1. The predicted molar refractivity (Wildman–Crippen MR) is 94.7 cm³/mol. The fraction of sp³-hybridized carbons (Fsp3) is 0.263. The molecule has 0 aliphatic rings. The van der Waals surface area contributed by atoms with Crippen LogP contribution in [0.4, 0.5) is 4.39 Å². The number of methoxy groups -OCH3 is 1. The lowest BCUT2D eigenvalue weighted by Gasteiger charge is -2.13. The van der Waals surface area contributed by atoms with E-state index in [2.05, 4.69) is 10.3 Å². The van der Waals surface area contributed by atoms with Gasteiger partial charge in [-0.25, -0.2) is 9.37 Å². The van der Waals surface area contributed by atoms with Gasteiger partial charge in [0, 0.05) is 18.6 Å². The van der Waals surface area contributed by atoms with Crippen molar-refractivity contribution in [3.05, 3.63) is 42.2 Å². The Morgan fingerprint density at radius 1 is 1.31 bits per heavy atom. The average Bonchev–Trinajstić information content (AvgIpc) is 3.02. The fourth-order valence-corrected chi connectivity index (χ4v) is 2.53. The summed E-state index contributed by atoms with van der Waals surface area (Å²) in [6, 6.07) is 9.65. The van der Waals surface area contributed by atoms with Gasteiger partial charge in [0.05, 0.1) is 13.2 Å². The molecule has 0 aliphatic carbocycles. The first-order valence-corrected chi connectivity index (χ1v) is 8.10. The number of rotatable bonds is 6. The Kier molecular flexibility index (Phi) is 5.06. The van der Waals surface area contributed by atoms with Crippen molar-refractivity contribution in [1.29, 1.82) is 0 Å². The van der Waals surface area contributed by atoms with Crippen LogP contribution in [0.25, 0.3) is 22.6 Å². The number of ether oxygens (including phenoxy) is 2. The molecule has 0 radical (unpaired) electrons. The number of fused-ring (bicyclic) bond motifs is 1. The van der Waals surface area contributed by atoms with E-state index in [1.807, 2.05) is 6.92 Å². The van der Waals surface area contributed by atoms with Crippen molar-refractivity contribution in [2.45, 2.75) is 19.9 Å². The normalized spacial score (nSPS) is 12.0. The van der Waals surface area contributed by atoms with Gasteiger partial charge in [-0.1, -0.05) is 0 Å². The molecule has 0 bridgehead atoms. The number of hydrogen-bond donors (Lipinski definition) is 1. The van der Waals surface area contributed by atoms with Crippen molar-refractivity contribution in [1.82, 2.24) is 10.3 Å². The minimum Gasteiger partial charge on any atom is -0.494 e. The van der Waals surface area contributed by atoms with Crippen molar-refractivity contribution in [2.75, 3.05) is 13.7 Å². The SMILES string of the molecule is COc1ccc(-c2nc3ccc(OC[C@H](C)NC(C)=O)cc3o2)cc1F. The molecular formula is C19H19FN2O4. The van der Waals surface area contributed by atoms with E-state index in [9.17, 15) is 9.18 Å². The smallest absolute Gasteiger partial charge is 0.227 e. The Hall–Kier alpha value is -3.09. The molecule has 7 heteroatoms. The first kappa shape index (κ1) is 17.7. The van der Waals surface area contributed by atoms with Crippen LogP contribution in [0.3, 0.4) is 0 Å². The lowest BCUT2D eigenvalue weighted by Crippen LogP contribution is -2.35. The molecule has 2 aromatic carbocycles. The van der Waals surface area contributed by atoms with E-state index < -0.39 is 5.82 Å². The second-order valence-electron chi connectivity index (χ2n) is 5.91. The zero-order valence-corrected chi connectivity index (χ0v) is 14.7. The highest BCUT2D eigenvalue weighted by molar-refractivity contribution is 5.77. The Morgan fingerprint density at radius 3 is 2.81 bits per heavy atom. The van der Waals surface area contributed by atoms with E-state index in [1.165, 1.54) is 26.2 Å². The van der Waals surface area contributed by atoms with Crippen molar-refractivity contribution < 1.29 is 23.1 Å². The van der Waals surface area contributed by atoms with E-state index in [1.54, 1.807) is 24.3 Å². The molecule has 0 aliphatic heterocycles. The molecule has 0 unspecified atom stereocenters. The van der Waals surface area contributed by atoms with Crippen LogP contribution in [0.5, 0.6) is 11.5 Å². The first-order valence-electron chi connectivity index (χ1n) is 8.10. The molecule has 1 aromatic heterocycles. The van der Waals surface area contributed by atoms with E-state index in [0.29, 0.717) is 34.9 Å². The zero-order valence-electron chi connectivity index (χ0n) is 14.7. The number of nitrogens with zero attached hydrogens (tertiary/aromatic N) is 1. The van der Waals surface area contributed by atoms with Crippen molar-refractivity contribution >= 4 is 17.0 Å². The third kappa shape index (κ3) is 3.93. The molecule has 1 heterocycles. The van der Waals surface area contributed by atoms with Crippen LogP contribution in [0.2, 0.25) is 0 Å². The quantitative estimate of drug-likeness (QED) is 0.729. The summed E-state index contributed by atoms with van der Waals surface area (Å²) in [7, 11) is 1.41. The summed E-state index contributed by atoms with van der Waals surface area (Å²) in [5.74, 6) is 0.476. The maximum absolute atomic E-state index is 13.9. The largest absolute Gasteiger partial charge is 0.494 e. The van der Waals surface area contributed by atoms with Crippen LogP contribution in [0, 0.1) is 5.82 Å². The molecule has 0 saturated heterocycles. The lowest BCUT2D eigenvalue weighted by molar-refractivity contribution is -0.119. The Morgan fingerprint density at radius 2 is 2.12 bits per heavy atom. The van der Waals surface area contributed by atoms with Gasteiger partial charge in [0.25, 0.3) is 0 Å². The second kappa shape index (κ2) is 7.43. The number of halogens is 1. The van der Waals surface area contributed by atoms with Crippen LogP contribution >= 0.6 is 0 Å². The standard InChI is InChI=1S/C19H19FN2O4/c1-11(21-12(2)23)10-25-14-5-6-16-18(9-14)26-19(22-16)13-4-7-17(24-3)15(20)8-13/h4-9,11H,10H2,1-3H3,(H,21,23)/t11-/m0/s1. The van der Waals surface area contributed by atoms with Crippen molar-refractivity contribution in [3.63, 3.8) is 0 Å². The van der Waals surface area contributed by atoms with E-state index in [0.717, 1.165) is 0 Å². The molecule has 1 N–H and O–H groups in total. The van der Waals surface area contributed by atoms with Crippen molar-refractivity contribution in [2.24, 2.45) is 0 Å². The summed E-state index contributed by atoms with van der Waals surface area (Å²) < 4.78 is 30.2. The topological polar surface area (TPSA) is 73.6 Å². The molecule has 0 saturated carbocycles. The monoisotopic (exact) mass is 358 g/mol. The molecule has 3 aromatic rings. The minimum atomic E-state index is -0.483. The highest BCUT2D eigenvalue weighted by Crippen LogP contribution is 2.29. The fourth-order valence-electron chi connectivity index (χ4n) is 2.53. The number of aromatic nitrogens is 1. The van der Waals surface area contributed by atoms with Gasteiger partial charge in [-0.3, -0.25) is 4.79 Å². The molecule has 136 valence electrons. The van der Waals surface area contributed by atoms with Gasteiger partial charge in [-0.2, -0.15) is 0 Å². The zero-order chi connectivity index (χ0) is 18.7. The first-order chi connectivity index (χ1) is 12.5. The highest BCUT2D eigenvalue weighted by atomic mass is 19.1. The van der Waals surface area contributed by atoms with Gasteiger partial charge < -0.3 is 19.2 Å². The highest BCUT2D eigenvalue weighted by Gasteiger charge is 2.12. The Balaban J connectivity index is 1.79. The van der Waals surface area contributed by atoms with Gasteiger partial charge in [0.15, 0.2) is 17.1 Å². The molecule has 1 amide bonds. The third-order valence-corrected chi connectivity index (χ3v) is 3.71. The molecule has 26 heavy (non-hydrogen) atoms. The van der Waals surface area contributed by atoms with E-state index in [4.69, 9.17) is 13.9 Å². The van der Waals surface area contributed by atoms with E-state index in [-0.39, 0.29) is 17.7 Å². The Labute approximate surface area is 149 Å². The van der Waals surface area contributed by atoms with Gasteiger partial charge in [0.1, 0.15) is 17.9 Å². The number of amides is 1. The molecular weight excluding hydrogens is 339 g/mol. The summed E-state index contributed by atoms with van der Waals surface area (Å²) in [6.45, 7) is 3.64. The van der Waals surface area contributed by atoms with Crippen LogP contribution < -0.4 is 14.8 Å². The van der Waals surface area contributed by atoms with Gasteiger partial charge >= 0.3 is 0 Å². The van der Waals surface area contributed by atoms with Crippen LogP contribution in [0.15, 0.2) is 40.8 Å². The summed E-state index contributed by atoms with van der Waals surface area (Å²) in [4.78, 5) is 15.4. The van der Waals surface area contributed by atoms with Crippen molar-refractivity contribution in [3.8, 4) is 23.0 Å². The lowest BCUT2D eigenvalue weighted by atomic mass is 10.2. The third-order valence-electron chi connectivity index (χ3n) is 3.71. The number of carbonyl (C=O) groups is 1. The van der Waals surface area contributed by atoms with Gasteiger partial charge in [-0.15, -0.1) is 0 Å². The summed E-state index contributed by atoms with van der Waals surface area (Å²) in [6.07, 6.45) is 0. The molecule has 6 nitrogen and oxygen atoms in total. The maximum atomic E-state index is 13.9. The molecule has 0 fully saturated rings. The number of hydrogen-bond acceptors (Lipinski definition) is 5. The minimum absolute atomic E-state index is 0.108. The van der Waals surface area contributed by atoms with Crippen LogP contribution in [-0.2, 0) is 4.79 Å². The van der Waals surface area contributed by atoms with E-state index >= 15 is 0 Å². The second-order valence-corrected chi connectivity index (χ2v) is 5.91. The summed E-state index contributed by atoms with van der Waals surface area (Å²) >= 11 is 0. The molecule has 0 spiro atoms. The predicted octanol–water partition coefficient (Wildman–Crippen LogP) is 3.55. The number of nitrogens with one attached hydrogen (secondary N) is 1. The average molecular weight is 358 g/mol. The maximum Gasteiger partial charge on any atom is 0.227 e. The van der Waals surface area contributed by atoms with Crippen LogP contribution in [0.1, 0.15) is 13.8 Å². The molecule has 1 atom stereocenters. The summed E-state index contributed by atoms with van der Waals surface area (Å²) in [5.41, 5.74) is 1.68. The molecule has 3 rings (SSSR count). The van der Waals surface area contributed by atoms with Gasteiger partial charge in [-0.05, 0) is 37.3 Å². The number of benzene rings is 2. The Bertz CT molecular complexity index is 938.